The largest absolute Gasteiger partial charge is 0.465 e. The lowest BCUT2D eigenvalue weighted by atomic mass is 10.2. The predicted molar refractivity (Wildman–Crippen MR) is 67.6 cm³/mol. The average molecular weight is 260 g/mol. The molecule has 1 heterocycles. The second kappa shape index (κ2) is 5.72. The van der Waals surface area contributed by atoms with E-state index in [-0.39, 0.29) is 12.4 Å². The highest BCUT2D eigenvalue weighted by Crippen LogP contribution is 2.21. The minimum absolute atomic E-state index is 0.131. The van der Waals surface area contributed by atoms with Gasteiger partial charge in [0.1, 0.15) is 5.76 Å². The number of nitrogens with one attached hydrogen (secondary N) is 2. The third-order valence-corrected chi connectivity index (χ3v) is 2.38. The predicted octanol–water partition coefficient (Wildman–Crippen LogP) is 1.90. The second-order valence-electron chi connectivity index (χ2n) is 3.69. The Hall–Kier alpha value is -2.76. The molecule has 2 aromatic rings. The van der Waals surface area contributed by atoms with Gasteiger partial charge in [0.2, 0.25) is 0 Å². The van der Waals surface area contributed by atoms with Crippen molar-refractivity contribution in [3.63, 3.8) is 0 Å². The molecule has 2 rings (SSSR count). The summed E-state index contributed by atoms with van der Waals surface area (Å²) >= 11 is 0. The lowest BCUT2D eigenvalue weighted by Gasteiger charge is -2.02. The van der Waals surface area contributed by atoms with Gasteiger partial charge in [-0.05, 0) is 12.1 Å². The van der Waals surface area contributed by atoms with E-state index in [1.54, 1.807) is 12.1 Å². The highest BCUT2D eigenvalue weighted by molar-refractivity contribution is 5.92. The zero-order valence-electron chi connectivity index (χ0n) is 9.92. The third-order valence-electron chi connectivity index (χ3n) is 2.38. The van der Waals surface area contributed by atoms with E-state index >= 15 is 0 Å². The van der Waals surface area contributed by atoms with E-state index in [0.29, 0.717) is 5.76 Å². The van der Waals surface area contributed by atoms with E-state index in [9.17, 15) is 9.59 Å². The van der Waals surface area contributed by atoms with Gasteiger partial charge in [0.25, 0.3) is 5.91 Å². The molecule has 0 fully saturated rings. The monoisotopic (exact) mass is 260 g/mol. The molecule has 6 heteroatoms. The standard InChI is InChI=1S/C13H12N2O4/c16-12(14-8-15-13(17)18)11-7-6-10(19-11)9-4-2-1-3-5-9/h1-7,15H,8H2,(H,14,16)(H,17,18). The number of rotatable bonds is 4. The van der Waals surface area contributed by atoms with Crippen molar-refractivity contribution in [2.75, 3.05) is 6.67 Å². The Balaban J connectivity index is 2.01. The van der Waals surface area contributed by atoms with Gasteiger partial charge in [0.05, 0.1) is 6.67 Å². The molecule has 0 bridgehead atoms. The first kappa shape index (κ1) is 12.7. The zero-order valence-corrected chi connectivity index (χ0v) is 9.92. The van der Waals surface area contributed by atoms with Crippen LogP contribution in [0.15, 0.2) is 46.9 Å². The fourth-order valence-electron chi connectivity index (χ4n) is 1.50. The molecule has 98 valence electrons. The lowest BCUT2D eigenvalue weighted by Crippen LogP contribution is -2.36. The van der Waals surface area contributed by atoms with E-state index in [1.807, 2.05) is 35.6 Å². The topological polar surface area (TPSA) is 91.6 Å². The van der Waals surface area contributed by atoms with Crippen LogP contribution in [0.4, 0.5) is 4.79 Å². The Kier molecular flexibility index (Phi) is 3.82. The zero-order chi connectivity index (χ0) is 13.7. The first-order valence-electron chi connectivity index (χ1n) is 5.57. The van der Waals surface area contributed by atoms with Crippen LogP contribution in [-0.4, -0.2) is 23.8 Å². The van der Waals surface area contributed by atoms with Crippen LogP contribution in [0.2, 0.25) is 0 Å². The first-order valence-corrected chi connectivity index (χ1v) is 5.57. The molecule has 3 N–H and O–H groups in total. The fourth-order valence-corrected chi connectivity index (χ4v) is 1.50. The maximum atomic E-state index is 11.6. The van der Waals surface area contributed by atoms with Gasteiger partial charge in [-0.3, -0.25) is 4.79 Å². The van der Waals surface area contributed by atoms with Crippen molar-refractivity contribution in [1.29, 1.82) is 0 Å². The summed E-state index contributed by atoms with van der Waals surface area (Å²) < 4.78 is 5.40. The summed E-state index contributed by atoms with van der Waals surface area (Å²) in [5.74, 6) is 0.235. The summed E-state index contributed by atoms with van der Waals surface area (Å²) in [5.41, 5.74) is 0.866. The van der Waals surface area contributed by atoms with Crippen LogP contribution in [0.1, 0.15) is 10.6 Å². The van der Waals surface area contributed by atoms with Gasteiger partial charge in [-0.2, -0.15) is 0 Å². The molecule has 2 amide bonds. The van der Waals surface area contributed by atoms with Crippen molar-refractivity contribution in [3.8, 4) is 11.3 Å². The van der Waals surface area contributed by atoms with Crippen molar-refractivity contribution in [3.05, 3.63) is 48.2 Å². The van der Waals surface area contributed by atoms with Crippen LogP contribution in [0.25, 0.3) is 11.3 Å². The van der Waals surface area contributed by atoms with Gasteiger partial charge >= 0.3 is 6.09 Å². The molecule has 1 aromatic heterocycles. The molecule has 19 heavy (non-hydrogen) atoms. The molecular formula is C13H12N2O4. The Labute approximate surface area is 109 Å². The van der Waals surface area contributed by atoms with E-state index in [2.05, 4.69) is 5.32 Å². The minimum Gasteiger partial charge on any atom is -0.465 e. The van der Waals surface area contributed by atoms with E-state index in [0.717, 1.165) is 5.56 Å². The molecule has 0 saturated heterocycles. The Morgan fingerprint density at radius 2 is 1.79 bits per heavy atom. The smallest absolute Gasteiger partial charge is 0.406 e. The Bertz CT molecular complexity index is 577. The highest BCUT2D eigenvalue weighted by Gasteiger charge is 2.11. The Morgan fingerprint density at radius 3 is 2.47 bits per heavy atom. The molecule has 0 aliphatic carbocycles. The van der Waals surface area contributed by atoms with Crippen LogP contribution < -0.4 is 10.6 Å². The summed E-state index contributed by atoms with van der Waals surface area (Å²) in [6.07, 6.45) is -1.20. The van der Waals surface area contributed by atoms with E-state index in [4.69, 9.17) is 9.52 Å². The molecule has 0 radical (unpaired) electrons. The second-order valence-corrected chi connectivity index (χ2v) is 3.69. The molecule has 0 aliphatic rings. The van der Waals surface area contributed by atoms with Crippen LogP contribution >= 0.6 is 0 Å². The summed E-state index contributed by atoms with van der Waals surface area (Å²) in [6.45, 7) is -0.171. The molecule has 0 aliphatic heterocycles. The average Bonchev–Trinajstić information content (AvgIpc) is 2.89. The summed E-state index contributed by atoms with van der Waals surface area (Å²) in [7, 11) is 0. The number of hydrogen-bond acceptors (Lipinski definition) is 3. The minimum atomic E-state index is -1.20. The van der Waals surface area contributed by atoms with Gasteiger partial charge in [-0.25, -0.2) is 4.79 Å². The number of hydrogen-bond donors (Lipinski definition) is 3. The van der Waals surface area contributed by atoms with Gasteiger partial charge in [0.15, 0.2) is 5.76 Å². The first-order chi connectivity index (χ1) is 9.16. The van der Waals surface area contributed by atoms with Crippen molar-refractivity contribution >= 4 is 12.0 Å². The normalized spacial score (nSPS) is 9.89. The number of furan rings is 1. The van der Waals surface area contributed by atoms with Crippen molar-refractivity contribution in [2.24, 2.45) is 0 Å². The molecule has 0 atom stereocenters. The molecule has 6 nitrogen and oxygen atoms in total. The number of amides is 2. The quantitative estimate of drug-likeness (QED) is 0.732. The van der Waals surface area contributed by atoms with Gasteiger partial charge in [-0.15, -0.1) is 0 Å². The fraction of sp³-hybridized carbons (Fsp3) is 0.0769. The number of carbonyl (C=O) groups excluding carboxylic acids is 1. The van der Waals surface area contributed by atoms with Gasteiger partial charge in [-0.1, -0.05) is 30.3 Å². The number of benzene rings is 1. The molecule has 0 saturated carbocycles. The van der Waals surface area contributed by atoms with Crippen molar-refractivity contribution in [1.82, 2.24) is 10.6 Å². The molecular weight excluding hydrogens is 248 g/mol. The van der Waals surface area contributed by atoms with E-state index in [1.165, 1.54) is 0 Å². The maximum absolute atomic E-state index is 11.6. The van der Waals surface area contributed by atoms with Gasteiger partial charge in [0, 0.05) is 5.56 Å². The summed E-state index contributed by atoms with van der Waals surface area (Å²) in [4.78, 5) is 21.9. The van der Waals surface area contributed by atoms with Crippen LogP contribution in [-0.2, 0) is 0 Å². The molecule has 0 spiro atoms. The van der Waals surface area contributed by atoms with E-state index < -0.39 is 12.0 Å². The SMILES string of the molecule is O=C(O)NCNC(=O)c1ccc(-c2ccccc2)o1. The summed E-state index contributed by atoms with van der Waals surface area (Å²) in [6, 6.07) is 12.6. The lowest BCUT2D eigenvalue weighted by molar-refractivity contribution is 0.0924. The Morgan fingerprint density at radius 1 is 1.05 bits per heavy atom. The van der Waals surface area contributed by atoms with Crippen LogP contribution in [0.5, 0.6) is 0 Å². The van der Waals surface area contributed by atoms with Crippen molar-refractivity contribution < 1.29 is 19.1 Å². The van der Waals surface area contributed by atoms with Gasteiger partial charge < -0.3 is 20.2 Å². The van der Waals surface area contributed by atoms with Crippen molar-refractivity contribution in [2.45, 2.75) is 0 Å². The van der Waals surface area contributed by atoms with Crippen LogP contribution in [0.3, 0.4) is 0 Å². The van der Waals surface area contributed by atoms with Crippen LogP contribution in [0, 0.1) is 0 Å². The third kappa shape index (κ3) is 3.35. The number of carbonyl (C=O) groups is 2. The summed E-state index contributed by atoms with van der Waals surface area (Å²) in [5, 5.41) is 12.8. The highest BCUT2D eigenvalue weighted by atomic mass is 16.4. The molecule has 0 unspecified atom stereocenters. The maximum Gasteiger partial charge on any atom is 0.406 e. The number of carboxylic acid groups (broad SMARTS) is 1. The molecule has 1 aromatic carbocycles.